The summed E-state index contributed by atoms with van der Waals surface area (Å²) in [6, 6.07) is 8.91. The maximum absolute atomic E-state index is 6.07. The Morgan fingerprint density at radius 3 is 2.00 bits per heavy atom. The predicted molar refractivity (Wildman–Crippen MR) is 71.0 cm³/mol. The fraction of sp³-hybridized carbons (Fsp3) is 0.625. The maximum Gasteiger partial charge on any atom is 0.162 e. The number of benzene rings is 1. The van der Waals surface area contributed by atoms with E-state index in [1.165, 1.54) is 51.4 Å². The average molecular weight is 245 g/mol. The normalized spacial score (nSPS) is 21.3. The minimum atomic E-state index is 0.381. The molecular weight excluding hydrogens is 224 g/mol. The van der Waals surface area contributed by atoms with Crippen molar-refractivity contribution in [2.45, 2.75) is 63.6 Å². The minimum absolute atomic E-state index is 0.381. The molecule has 0 atom stereocenters. The molecule has 0 heterocycles. The fourth-order valence-electron chi connectivity index (χ4n) is 2.96. The molecule has 0 spiro atoms. The second-order valence-electron chi connectivity index (χ2n) is 5.42. The zero-order valence-electron chi connectivity index (χ0n) is 10.9. The summed E-state index contributed by atoms with van der Waals surface area (Å²) < 4.78 is 12.1. The van der Waals surface area contributed by atoms with Gasteiger partial charge in [-0.1, -0.05) is 6.07 Å². The molecule has 3 rings (SSSR count). The monoisotopic (exact) mass is 245 g/mol. The van der Waals surface area contributed by atoms with E-state index in [1.807, 2.05) is 18.2 Å². The lowest BCUT2D eigenvalue weighted by Crippen LogP contribution is -2.15. The second kappa shape index (κ2) is 5.64. The molecule has 18 heavy (non-hydrogen) atoms. The molecule has 0 aromatic heterocycles. The van der Waals surface area contributed by atoms with Crippen LogP contribution in [-0.4, -0.2) is 12.2 Å². The van der Waals surface area contributed by atoms with Gasteiger partial charge in [-0.15, -0.1) is 0 Å². The first-order valence-electron chi connectivity index (χ1n) is 7.25. The van der Waals surface area contributed by atoms with Crippen LogP contribution in [0.15, 0.2) is 18.2 Å². The third-order valence-corrected chi connectivity index (χ3v) is 3.98. The van der Waals surface area contributed by atoms with Gasteiger partial charge in [-0.3, -0.25) is 0 Å². The number of rotatable bonds is 4. The Bertz CT molecular complexity index is 339. The molecule has 0 saturated heterocycles. The molecular formula is C16H21O2. The Labute approximate surface area is 109 Å². The molecule has 2 fully saturated rings. The van der Waals surface area contributed by atoms with E-state index in [0.717, 1.165) is 11.5 Å². The maximum atomic E-state index is 6.07. The highest BCUT2D eigenvalue weighted by Gasteiger charge is 2.21. The average Bonchev–Trinajstić information content (AvgIpc) is 3.05. The van der Waals surface area contributed by atoms with Crippen molar-refractivity contribution in [3.05, 3.63) is 24.3 Å². The molecule has 0 N–H and O–H groups in total. The van der Waals surface area contributed by atoms with Crippen LogP contribution in [0.2, 0.25) is 0 Å². The Hall–Kier alpha value is -1.18. The molecule has 0 amide bonds. The van der Waals surface area contributed by atoms with Gasteiger partial charge in [0.1, 0.15) is 0 Å². The van der Waals surface area contributed by atoms with Gasteiger partial charge in [-0.05, 0) is 69.6 Å². The molecule has 0 bridgehead atoms. The van der Waals surface area contributed by atoms with Gasteiger partial charge in [0.15, 0.2) is 11.5 Å². The van der Waals surface area contributed by atoms with Crippen molar-refractivity contribution in [3.8, 4) is 11.5 Å². The summed E-state index contributed by atoms with van der Waals surface area (Å²) in [6.45, 7) is 0. The predicted octanol–water partition coefficient (Wildman–Crippen LogP) is 4.13. The molecule has 0 unspecified atom stereocenters. The summed E-state index contributed by atoms with van der Waals surface area (Å²) >= 11 is 0. The number of ether oxygens (including phenoxy) is 2. The molecule has 97 valence electrons. The second-order valence-corrected chi connectivity index (χ2v) is 5.42. The molecule has 2 saturated carbocycles. The van der Waals surface area contributed by atoms with E-state index < -0.39 is 0 Å². The van der Waals surface area contributed by atoms with Crippen LogP contribution in [0.1, 0.15) is 51.4 Å². The van der Waals surface area contributed by atoms with Gasteiger partial charge in [0.05, 0.1) is 12.2 Å². The van der Waals surface area contributed by atoms with Crippen molar-refractivity contribution in [1.29, 1.82) is 0 Å². The largest absolute Gasteiger partial charge is 0.487 e. The Balaban J connectivity index is 1.67. The number of hydrogen-bond acceptors (Lipinski definition) is 2. The van der Waals surface area contributed by atoms with Crippen LogP contribution >= 0.6 is 0 Å². The van der Waals surface area contributed by atoms with Crippen LogP contribution in [0.3, 0.4) is 0 Å². The van der Waals surface area contributed by atoms with E-state index in [4.69, 9.17) is 9.47 Å². The molecule has 2 aliphatic rings. The van der Waals surface area contributed by atoms with Crippen molar-refractivity contribution < 1.29 is 9.47 Å². The van der Waals surface area contributed by atoms with Gasteiger partial charge in [0.2, 0.25) is 0 Å². The molecule has 2 heteroatoms. The Morgan fingerprint density at radius 1 is 0.833 bits per heavy atom. The van der Waals surface area contributed by atoms with Crippen molar-refractivity contribution in [2.75, 3.05) is 0 Å². The van der Waals surface area contributed by atoms with Crippen LogP contribution in [0.25, 0.3) is 0 Å². The summed E-state index contributed by atoms with van der Waals surface area (Å²) in [5, 5.41) is 0. The summed E-state index contributed by atoms with van der Waals surface area (Å²) in [5.41, 5.74) is 0. The lowest BCUT2D eigenvalue weighted by molar-refractivity contribution is 0.170. The van der Waals surface area contributed by atoms with E-state index in [9.17, 15) is 0 Å². The lowest BCUT2D eigenvalue weighted by Gasteiger charge is -2.19. The van der Waals surface area contributed by atoms with E-state index in [0.29, 0.717) is 12.2 Å². The fourth-order valence-corrected chi connectivity index (χ4v) is 2.96. The summed E-state index contributed by atoms with van der Waals surface area (Å²) in [6.07, 6.45) is 10.7. The van der Waals surface area contributed by atoms with Crippen molar-refractivity contribution in [3.63, 3.8) is 0 Å². The molecule has 2 aliphatic carbocycles. The quantitative estimate of drug-likeness (QED) is 0.794. The summed E-state index contributed by atoms with van der Waals surface area (Å²) in [5.74, 6) is 1.80. The molecule has 1 aromatic carbocycles. The van der Waals surface area contributed by atoms with Gasteiger partial charge in [0, 0.05) is 0 Å². The third kappa shape index (κ3) is 2.80. The highest BCUT2D eigenvalue weighted by Crippen LogP contribution is 2.33. The van der Waals surface area contributed by atoms with Crippen LogP contribution < -0.4 is 9.47 Å². The van der Waals surface area contributed by atoms with E-state index >= 15 is 0 Å². The molecule has 0 aliphatic heterocycles. The SMILES string of the molecule is [c]1ccc(OC2CCCC2)c(OC2CCCC2)c1. The first kappa shape index (κ1) is 11.9. The minimum Gasteiger partial charge on any atom is -0.487 e. The van der Waals surface area contributed by atoms with Crippen LogP contribution in [0.5, 0.6) is 11.5 Å². The van der Waals surface area contributed by atoms with Crippen molar-refractivity contribution in [2.24, 2.45) is 0 Å². The zero-order valence-corrected chi connectivity index (χ0v) is 10.9. The Morgan fingerprint density at radius 2 is 1.39 bits per heavy atom. The highest BCUT2D eigenvalue weighted by atomic mass is 16.5. The first-order valence-corrected chi connectivity index (χ1v) is 7.25. The summed E-state index contributed by atoms with van der Waals surface area (Å²) in [4.78, 5) is 0. The van der Waals surface area contributed by atoms with E-state index in [1.54, 1.807) is 0 Å². The number of hydrogen-bond donors (Lipinski definition) is 0. The van der Waals surface area contributed by atoms with Gasteiger partial charge in [-0.2, -0.15) is 0 Å². The standard InChI is InChI=1S/C16H21O2/c1-2-8-13(7-1)17-15-11-5-6-12-16(15)18-14-9-3-4-10-14/h5,11-14H,1-4,7-10H2. The smallest absolute Gasteiger partial charge is 0.162 e. The van der Waals surface area contributed by atoms with Gasteiger partial charge >= 0.3 is 0 Å². The van der Waals surface area contributed by atoms with Crippen LogP contribution in [0, 0.1) is 6.07 Å². The van der Waals surface area contributed by atoms with Gasteiger partial charge in [0.25, 0.3) is 0 Å². The first-order chi connectivity index (χ1) is 8.92. The highest BCUT2D eigenvalue weighted by molar-refractivity contribution is 5.39. The van der Waals surface area contributed by atoms with Crippen LogP contribution in [0.4, 0.5) is 0 Å². The van der Waals surface area contributed by atoms with Crippen molar-refractivity contribution in [1.82, 2.24) is 0 Å². The zero-order chi connectivity index (χ0) is 12.2. The van der Waals surface area contributed by atoms with Gasteiger partial charge < -0.3 is 9.47 Å². The third-order valence-electron chi connectivity index (χ3n) is 3.98. The van der Waals surface area contributed by atoms with E-state index in [2.05, 4.69) is 6.07 Å². The topological polar surface area (TPSA) is 18.5 Å². The Kier molecular flexibility index (Phi) is 3.72. The lowest BCUT2D eigenvalue weighted by atomic mass is 10.2. The van der Waals surface area contributed by atoms with Crippen molar-refractivity contribution >= 4 is 0 Å². The van der Waals surface area contributed by atoms with Crippen LogP contribution in [-0.2, 0) is 0 Å². The van der Waals surface area contributed by atoms with Gasteiger partial charge in [-0.25, -0.2) is 0 Å². The molecule has 1 radical (unpaired) electrons. The summed E-state index contributed by atoms with van der Waals surface area (Å²) in [7, 11) is 0. The molecule has 2 nitrogen and oxygen atoms in total. The van der Waals surface area contributed by atoms with E-state index in [-0.39, 0.29) is 0 Å². The molecule has 1 aromatic rings.